The third kappa shape index (κ3) is 4.46. The van der Waals surface area contributed by atoms with E-state index in [1.54, 1.807) is 4.90 Å². The van der Waals surface area contributed by atoms with E-state index in [2.05, 4.69) is 15.9 Å². The summed E-state index contributed by atoms with van der Waals surface area (Å²) in [5.41, 5.74) is 0.997. The van der Waals surface area contributed by atoms with Gasteiger partial charge in [0.25, 0.3) is 0 Å². The minimum Gasteiger partial charge on any atom is -0.453 e. The van der Waals surface area contributed by atoms with Gasteiger partial charge in [-0.15, -0.1) is 0 Å². The van der Waals surface area contributed by atoms with Gasteiger partial charge in [0.15, 0.2) is 0 Å². The van der Waals surface area contributed by atoms with E-state index < -0.39 is 0 Å². The molecule has 1 aliphatic heterocycles. The fraction of sp³-hybridized carbons (Fsp3) is 0.467. The van der Waals surface area contributed by atoms with E-state index in [9.17, 15) is 9.59 Å². The molecule has 0 aliphatic carbocycles. The predicted molar refractivity (Wildman–Crippen MR) is 83.0 cm³/mol. The van der Waals surface area contributed by atoms with Crippen LogP contribution in [0.3, 0.4) is 0 Å². The SMILES string of the molecule is COC(=O)N1CCCN(C(=O)Cc2ccc(Br)cc2)CC1. The Balaban J connectivity index is 1.91. The number of hydrogen-bond acceptors (Lipinski definition) is 3. The molecule has 21 heavy (non-hydrogen) atoms. The van der Waals surface area contributed by atoms with E-state index in [1.165, 1.54) is 7.11 Å². The van der Waals surface area contributed by atoms with Gasteiger partial charge < -0.3 is 14.5 Å². The summed E-state index contributed by atoms with van der Waals surface area (Å²) in [4.78, 5) is 27.3. The van der Waals surface area contributed by atoms with Crippen LogP contribution in [0.1, 0.15) is 12.0 Å². The third-order valence-electron chi connectivity index (χ3n) is 3.55. The zero-order valence-electron chi connectivity index (χ0n) is 12.0. The number of ether oxygens (including phenoxy) is 1. The summed E-state index contributed by atoms with van der Waals surface area (Å²) in [5, 5.41) is 0. The first-order valence-corrected chi connectivity index (χ1v) is 7.74. The molecule has 114 valence electrons. The summed E-state index contributed by atoms with van der Waals surface area (Å²) in [6.07, 6.45) is 0.851. The van der Waals surface area contributed by atoms with Crippen LogP contribution in [0.4, 0.5) is 4.79 Å². The topological polar surface area (TPSA) is 49.9 Å². The average molecular weight is 355 g/mol. The molecule has 2 rings (SSSR count). The van der Waals surface area contributed by atoms with Crippen LogP contribution in [0.5, 0.6) is 0 Å². The number of benzene rings is 1. The zero-order chi connectivity index (χ0) is 15.2. The first-order valence-electron chi connectivity index (χ1n) is 6.95. The second kappa shape index (κ2) is 7.45. The van der Waals surface area contributed by atoms with Crippen LogP contribution in [0, 0.1) is 0 Å². The molecule has 0 unspecified atom stereocenters. The highest BCUT2D eigenvalue weighted by Gasteiger charge is 2.22. The Bertz CT molecular complexity index is 504. The highest BCUT2D eigenvalue weighted by atomic mass is 79.9. The zero-order valence-corrected chi connectivity index (χ0v) is 13.6. The monoisotopic (exact) mass is 354 g/mol. The molecular weight excluding hydrogens is 336 g/mol. The molecule has 6 heteroatoms. The number of amides is 2. The third-order valence-corrected chi connectivity index (χ3v) is 4.08. The molecule has 0 saturated carbocycles. The minimum absolute atomic E-state index is 0.101. The number of carbonyl (C=O) groups is 2. The maximum atomic E-state index is 12.3. The summed E-state index contributed by atoms with van der Waals surface area (Å²) >= 11 is 3.38. The van der Waals surface area contributed by atoms with Crippen molar-refractivity contribution in [3.63, 3.8) is 0 Å². The lowest BCUT2D eigenvalue weighted by molar-refractivity contribution is -0.130. The summed E-state index contributed by atoms with van der Waals surface area (Å²) in [5.74, 6) is 0.101. The molecule has 1 heterocycles. The van der Waals surface area contributed by atoms with Gasteiger partial charge in [0, 0.05) is 30.7 Å². The number of rotatable bonds is 2. The molecule has 1 fully saturated rings. The molecule has 0 atom stereocenters. The van der Waals surface area contributed by atoms with Gasteiger partial charge in [-0.25, -0.2) is 4.79 Å². The van der Waals surface area contributed by atoms with Crippen LogP contribution < -0.4 is 0 Å². The number of hydrogen-bond donors (Lipinski definition) is 0. The van der Waals surface area contributed by atoms with Crippen molar-refractivity contribution in [1.82, 2.24) is 9.80 Å². The van der Waals surface area contributed by atoms with E-state index >= 15 is 0 Å². The Morgan fingerprint density at radius 2 is 1.71 bits per heavy atom. The van der Waals surface area contributed by atoms with Crippen molar-refractivity contribution in [1.29, 1.82) is 0 Å². The number of methoxy groups -OCH3 is 1. The molecule has 1 aromatic carbocycles. The second-order valence-electron chi connectivity index (χ2n) is 4.99. The van der Waals surface area contributed by atoms with E-state index in [4.69, 9.17) is 4.74 Å². The Hall–Kier alpha value is -1.56. The molecule has 1 saturated heterocycles. The van der Waals surface area contributed by atoms with Crippen LogP contribution in [0.25, 0.3) is 0 Å². The van der Waals surface area contributed by atoms with Gasteiger partial charge in [-0.05, 0) is 24.1 Å². The number of nitrogens with zero attached hydrogens (tertiary/aromatic N) is 2. The van der Waals surface area contributed by atoms with Crippen molar-refractivity contribution in [3.05, 3.63) is 34.3 Å². The molecule has 1 aromatic rings. The van der Waals surface area contributed by atoms with Crippen LogP contribution in [0.15, 0.2) is 28.7 Å². The Morgan fingerprint density at radius 1 is 1.10 bits per heavy atom. The van der Waals surface area contributed by atoms with Crippen molar-refractivity contribution in [2.24, 2.45) is 0 Å². The van der Waals surface area contributed by atoms with E-state index in [1.807, 2.05) is 29.2 Å². The molecule has 0 aromatic heterocycles. The summed E-state index contributed by atoms with van der Waals surface area (Å²) in [7, 11) is 1.38. The number of halogens is 1. The molecule has 0 N–H and O–H groups in total. The average Bonchev–Trinajstić information content (AvgIpc) is 2.75. The van der Waals surface area contributed by atoms with Gasteiger partial charge in [0.2, 0.25) is 5.91 Å². The summed E-state index contributed by atoms with van der Waals surface area (Å²) < 4.78 is 5.73. The van der Waals surface area contributed by atoms with Crippen molar-refractivity contribution < 1.29 is 14.3 Å². The van der Waals surface area contributed by atoms with Gasteiger partial charge in [-0.3, -0.25) is 4.79 Å². The highest BCUT2D eigenvalue weighted by Crippen LogP contribution is 2.12. The molecule has 1 aliphatic rings. The largest absolute Gasteiger partial charge is 0.453 e. The highest BCUT2D eigenvalue weighted by molar-refractivity contribution is 9.10. The van der Waals surface area contributed by atoms with Crippen molar-refractivity contribution in [3.8, 4) is 0 Å². The van der Waals surface area contributed by atoms with Gasteiger partial charge in [-0.2, -0.15) is 0 Å². The van der Waals surface area contributed by atoms with Gasteiger partial charge >= 0.3 is 6.09 Å². The molecule has 0 radical (unpaired) electrons. The van der Waals surface area contributed by atoms with Gasteiger partial charge in [-0.1, -0.05) is 28.1 Å². The van der Waals surface area contributed by atoms with Crippen molar-refractivity contribution in [2.75, 3.05) is 33.3 Å². The molecular formula is C15H19BrN2O3. The first-order chi connectivity index (χ1) is 10.1. The number of carbonyl (C=O) groups excluding carboxylic acids is 2. The van der Waals surface area contributed by atoms with Crippen LogP contribution in [0.2, 0.25) is 0 Å². The Labute approximate surface area is 133 Å². The summed E-state index contributed by atoms with van der Waals surface area (Å²) in [6.45, 7) is 2.40. The van der Waals surface area contributed by atoms with Gasteiger partial charge in [0.1, 0.15) is 0 Å². The standard InChI is InChI=1S/C15H19BrN2O3/c1-21-15(20)18-8-2-7-17(9-10-18)14(19)11-12-3-5-13(16)6-4-12/h3-6H,2,7-11H2,1H3. The second-order valence-corrected chi connectivity index (χ2v) is 5.91. The van der Waals surface area contributed by atoms with E-state index in [0.717, 1.165) is 16.5 Å². The fourth-order valence-electron chi connectivity index (χ4n) is 2.37. The normalized spacial score (nSPS) is 15.5. The maximum Gasteiger partial charge on any atom is 0.409 e. The van der Waals surface area contributed by atoms with Gasteiger partial charge in [0.05, 0.1) is 13.5 Å². The summed E-state index contributed by atoms with van der Waals surface area (Å²) in [6, 6.07) is 7.76. The molecule has 0 bridgehead atoms. The van der Waals surface area contributed by atoms with Crippen LogP contribution >= 0.6 is 15.9 Å². The lowest BCUT2D eigenvalue weighted by Gasteiger charge is -2.21. The Kier molecular flexibility index (Phi) is 5.61. The molecule has 5 nitrogen and oxygen atoms in total. The first kappa shape index (κ1) is 15.8. The van der Waals surface area contributed by atoms with Crippen LogP contribution in [-0.2, 0) is 16.0 Å². The van der Waals surface area contributed by atoms with Crippen LogP contribution in [-0.4, -0.2) is 55.1 Å². The quantitative estimate of drug-likeness (QED) is 0.818. The minimum atomic E-state index is -0.322. The van der Waals surface area contributed by atoms with Crippen molar-refractivity contribution in [2.45, 2.75) is 12.8 Å². The smallest absolute Gasteiger partial charge is 0.409 e. The lowest BCUT2D eigenvalue weighted by Crippen LogP contribution is -2.37. The predicted octanol–water partition coefficient (Wildman–Crippen LogP) is 2.29. The van der Waals surface area contributed by atoms with E-state index in [-0.39, 0.29) is 12.0 Å². The fourth-order valence-corrected chi connectivity index (χ4v) is 2.63. The molecule has 2 amide bonds. The Morgan fingerprint density at radius 3 is 2.38 bits per heavy atom. The van der Waals surface area contributed by atoms with Crippen molar-refractivity contribution >= 4 is 27.9 Å². The van der Waals surface area contributed by atoms with E-state index in [0.29, 0.717) is 32.6 Å². The molecule has 0 spiro atoms. The maximum absolute atomic E-state index is 12.3. The lowest BCUT2D eigenvalue weighted by atomic mass is 10.1.